The first-order valence-electron chi connectivity index (χ1n) is 7.89. The highest BCUT2D eigenvalue weighted by Crippen LogP contribution is 2.50. The summed E-state index contributed by atoms with van der Waals surface area (Å²) >= 11 is 24.2. The number of phenolic OH excluding ortho intramolecular Hbond substituents is 2. The number of phenols is 2. The van der Waals surface area contributed by atoms with Crippen molar-refractivity contribution < 1.29 is 23.2 Å². The predicted molar refractivity (Wildman–Crippen MR) is 114 cm³/mol. The van der Waals surface area contributed by atoms with Crippen molar-refractivity contribution in [3.05, 3.63) is 91.4 Å². The van der Waals surface area contributed by atoms with E-state index in [0.717, 1.165) is 12.1 Å². The molecule has 152 valence electrons. The standard InChI is InChI=1S/C19H12Cl4O5S/c20-13-9-15(22)14(21)8-12(13)19(29(26,27)28,10-4-2-1-3-5-10)11-6-16(24)18(23)17(25)7-11/h1-9,24-25H,(H,26,27,28). The molecular formula is C19H12Cl4O5S. The lowest BCUT2D eigenvalue weighted by Crippen LogP contribution is -2.38. The third-order valence-electron chi connectivity index (χ3n) is 4.40. The molecule has 0 radical (unpaired) electrons. The molecule has 3 rings (SSSR count). The molecule has 0 aliphatic heterocycles. The van der Waals surface area contributed by atoms with E-state index in [1.54, 1.807) is 18.2 Å². The van der Waals surface area contributed by atoms with Crippen molar-refractivity contribution in [2.45, 2.75) is 4.75 Å². The Kier molecular flexibility index (Phi) is 5.98. The number of hydrogen-bond donors (Lipinski definition) is 3. The van der Waals surface area contributed by atoms with Crippen LogP contribution < -0.4 is 0 Å². The van der Waals surface area contributed by atoms with Crippen LogP contribution in [-0.2, 0) is 14.9 Å². The molecule has 0 aromatic heterocycles. The molecule has 29 heavy (non-hydrogen) atoms. The van der Waals surface area contributed by atoms with E-state index in [1.807, 2.05) is 0 Å². The van der Waals surface area contributed by atoms with Gasteiger partial charge in [-0.2, -0.15) is 8.42 Å². The van der Waals surface area contributed by atoms with Gasteiger partial charge in [0.25, 0.3) is 10.1 Å². The summed E-state index contributed by atoms with van der Waals surface area (Å²) in [7, 11) is -5.04. The molecule has 0 heterocycles. The summed E-state index contributed by atoms with van der Waals surface area (Å²) in [6.07, 6.45) is 0. The van der Waals surface area contributed by atoms with Crippen molar-refractivity contribution in [1.29, 1.82) is 0 Å². The van der Waals surface area contributed by atoms with Gasteiger partial charge in [-0.05, 0) is 35.4 Å². The number of halogens is 4. The molecule has 3 N–H and O–H groups in total. The lowest BCUT2D eigenvalue weighted by Gasteiger charge is -2.33. The average Bonchev–Trinajstić information content (AvgIpc) is 2.64. The quantitative estimate of drug-likeness (QED) is 0.239. The van der Waals surface area contributed by atoms with E-state index in [-0.39, 0.29) is 36.8 Å². The molecule has 0 aliphatic carbocycles. The molecule has 3 aromatic carbocycles. The normalized spacial score (nSPS) is 13.8. The lowest BCUT2D eigenvalue weighted by molar-refractivity contribution is 0.444. The Morgan fingerprint density at radius 2 is 1.24 bits per heavy atom. The van der Waals surface area contributed by atoms with E-state index < -0.39 is 26.4 Å². The van der Waals surface area contributed by atoms with Crippen LogP contribution in [0.3, 0.4) is 0 Å². The zero-order valence-corrected chi connectivity index (χ0v) is 18.1. The van der Waals surface area contributed by atoms with Crippen LogP contribution in [0.4, 0.5) is 0 Å². The highest BCUT2D eigenvalue weighted by molar-refractivity contribution is 7.87. The fraction of sp³-hybridized carbons (Fsp3) is 0.0526. The van der Waals surface area contributed by atoms with E-state index in [0.29, 0.717) is 0 Å². The van der Waals surface area contributed by atoms with Gasteiger partial charge >= 0.3 is 0 Å². The Balaban J connectivity index is 2.59. The zero-order valence-electron chi connectivity index (χ0n) is 14.3. The summed E-state index contributed by atoms with van der Waals surface area (Å²) in [6, 6.07) is 12.1. The molecule has 1 atom stereocenters. The SMILES string of the molecule is O=S(=O)(O)C(c1ccccc1)(c1cc(O)c(Cl)c(O)c1)c1cc(Cl)c(Cl)cc1Cl. The Bertz CT molecular complexity index is 1180. The minimum Gasteiger partial charge on any atom is -0.506 e. The number of benzene rings is 3. The number of aromatic hydroxyl groups is 2. The molecule has 3 aromatic rings. The minimum absolute atomic E-state index is 0.0163. The lowest BCUT2D eigenvalue weighted by atomic mass is 9.83. The van der Waals surface area contributed by atoms with Crippen LogP contribution in [0.15, 0.2) is 54.6 Å². The van der Waals surface area contributed by atoms with Crippen LogP contribution in [0, 0.1) is 0 Å². The fourth-order valence-corrected chi connectivity index (χ4v) is 5.33. The average molecular weight is 494 g/mol. The van der Waals surface area contributed by atoms with Gasteiger partial charge in [0.05, 0.1) is 10.0 Å². The molecule has 0 bridgehead atoms. The van der Waals surface area contributed by atoms with Crippen LogP contribution in [0.2, 0.25) is 20.1 Å². The van der Waals surface area contributed by atoms with Gasteiger partial charge in [-0.15, -0.1) is 0 Å². The van der Waals surface area contributed by atoms with Crippen molar-refractivity contribution in [2.75, 3.05) is 0 Å². The third kappa shape index (κ3) is 3.65. The fourth-order valence-electron chi connectivity index (χ4n) is 3.18. The molecule has 0 aliphatic rings. The molecule has 0 fully saturated rings. The van der Waals surface area contributed by atoms with E-state index in [1.165, 1.54) is 24.3 Å². The van der Waals surface area contributed by atoms with Crippen molar-refractivity contribution in [3.63, 3.8) is 0 Å². The highest BCUT2D eigenvalue weighted by Gasteiger charge is 2.50. The van der Waals surface area contributed by atoms with E-state index in [9.17, 15) is 23.2 Å². The van der Waals surface area contributed by atoms with Gasteiger partial charge < -0.3 is 10.2 Å². The summed E-state index contributed by atoms with van der Waals surface area (Å²) in [5.74, 6) is -1.19. The van der Waals surface area contributed by atoms with Gasteiger partial charge in [-0.3, -0.25) is 4.55 Å². The molecule has 5 nitrogen and oxygen atoms in total. The minimum atomic E-state index is -5.04. The summed E-state index contributed by atoms with van der Waals surface area (Å²) in [4.78, 5) is 0. The first kappa shape index (κ1) is 22.0. The smallest absolute Gasteiger partial charge is 0.283 e. The van der Waals surface area contributed by atoms with Crippen LogP contribution in [0.25, 0.3) is 0 Å². The topological polar surface area (TPSA) is 94.8 Å². The second-order valence-corrected chi connectivity index (χ2v) is 9.26. The van der Waals surface area contributed by atoms with Crippen molar-refractivity contribution >= 4 is 56.5 Å². The molecule has 0 saturated carbocycles. The Hall–Kier alpha value is -1.67. The second-order valence-electron chi connectivity index (χ2n) is 6.10. The molecular weight excluding hydrogens is 482 g/mol. The first-order valence-corrected chi connectivity index (χ1v) is 10.8. The van der Waals surface area contributed by atoms with Crippen molar-refractivity contribution in [1.82, 2.24) is 0 Å². The molecule has 0 amide bonds. The second kappa shape index (κ2) is 7.87. The van der Waals surface area contributed by atoms with Gasteiger partial charge in [0, 0.05) is 10.6 Å². The van der Waals surface area contributed by atoms with Crippen LogP contribution in [-0.4, -0.2) is 23.2 Å². The molecule has 10 heteroatoms. The van der Waals surface area contributed by atoms with Crippen LogP contribution in [0.5, 0.6) is 11.5 Å². The Morgan fingerprint density at radius 1 is 0.724 bits per heavy atom. The molecule has 1 unspecified atom stereocenters. The van der Waals surface area contributed by atoms with Gasteiger partial charge in [0.1, 0.15) is 16.5 Å². The molecule has 0 spiro atoms. The Morgan fingerprint density at radius 3 is 1.76 bits per heavy atom. The summed E-state index contributed by atoms with van der Waals surface area (Å²) < 4.78 is 34.0. The van der Waals surface area contributed by atoms with E-state index >= 15 is 0 Å². The summed E-state index contributed by atoms with van der Waals surface area (Å²) in [5.41, 5.74) is -0.279. The third-order valence-corrected chi connectivity index (χ3v) is 7.28. The van der Waals surface area contributed by atoms with Gasteiger partial charge in [0.2, 0.25) is 0 Å². The maximum absolute atomic E-state index is 12.9. The van der Waals surface area contributed by atoms with Gasteiger partial charge in [0.15, 0.2) is 4.75 Å². The maximum atomic E-state index is 12.9. The monoisotopic (exact) mass is 492 g/mol. The van der Waals surface area contributed by atoms with Crippen LogP contribution in [0.1, 0.15) is 16.7 Å². The van der Waals surface area contributed by atoms with Crippen molar-refractivity contribution in [3.8, 4) is 11.5 Å². The summed E-state index contributed by atoms with van der Waals surface area (Å²) in [6.45, 7) is 0. The van der Waals surface area contributed by atoms with Crippen molar-refractivity contribution in [2.24, 2.45) is 0 Å². The predicted octanol–water partition coefficient (Wildman–Crippen LogP) is 5.89. The van der Waals surface area contributed by atoms with Gasteiger partial charge in [-0.1, -0.05) is 76.7 Å². The van der Waals surface area contributed by atoms with E-state index in [2.05, 4.69) is 0 Å². The first-order chi connectivity index (χ1) is 13.5. The zero-order chi connectivity index (χ0) is 21.6. The summed E-state index contributed by atoms with van der Waals surface area (Å²) in [5, 5.41) is 19.8. The number of rotatable bonds is 4. The number of hydrogen-bond acceptors (Lipinski definition) is 4. The molecule has 0 saturated heterocycles. The highest BCUT2D eigenvalue weighted by atomic mass is 35.5. The Labute approximate surface area is 186 Å². The van der Waals surface area contributed by atoms with Crippen LogP contribution >= 0.6 is 46.4 Å². The largest absolute Gasteiger partial charge is 0.506 e. The van der Waals surface area contributed by atoms with Gasteiger partial charge in [-0.25, -0.2) is 0 Å². The van der Waals surface area contributed by atoms with E-state index in [4.69, 9.17) is 46.4 Å². The maximum Gasteiger partial charge on any atom is 0.283 e.